The molecule has 0 spiro atoms. The molecule has 1 saturated carbocycles. The van der Waals surface area contributed by atoms with Gasteiger partial charge in [-0.3, -0.25) is 10.2 Å². The van der Waals surface area contributed by atoms with Crippen LogP contribution in [0.2, 0.25) is 0 Å². The van der Waals surface area contributed by atoms with Crippen molar-refractivity contribution in [1.82, 2.24) is 10.4 Å². The molecular weight excluding hydrogens is 428 g/mol. The van der Waals surface area contributed by atoms with Gasteiger partial charge in [-0.15, -0.1) is 0 Å². The monoisotopic (exact) mass is 466 g/mol. The molecule has 184 valence electrons. The molecule has 2 aromatic rings. The van der Waals surface area contributed by atoms with Crippen LogP contribution in [0.5, 0.6) is 0 Å². The number of nitrogens with one attached hydrogen (secondary N) is 1. The highest BCUT2D eigenvalue weighted by Gasteiger charge is 2.33. The molecule has 6 heteroatoms. The molecule has 1 N–H and O–H groups in total. The zero-order valence-corrected chi connectivity index (χ0v) is 20.8. The van der Waals surface area contributed by atoms with Crippen molar-refractivity contribution in [2.24, 2.45) is 5.92 Å². The van der Waals surface area contributed by atoms with E-state index in [1.165, 1.54) is 11.1 Å². The highest BCUT2D eigenvalue weighted by Crippen LogP contribution is 2.31. The molecule has 0 saturated heterocycles. The molecule has 6 nitrogen and oxygen atoms in total. The summed E-state index contributed by atoms with van der Waals surface area (Å²) in [4.78, 5) is 25.0. The normalized spacial score (nSPS) is 18.5. The Bertz CT molecular complexity index is 864. The Labute approximate surface area is 203 Å². The molecule has 0 unspecified atom stereocenters. The Balaban J connectivity index is 1.82. The minimum absolute atomic E-state index is 0.0696. The molecule has 1 aliphatic carbocycles. The van der Waals surface area contributed by atoms with Crippen molar-refractivity contribution in [1.29, 1.82) is 0 Å². The number of carbonyl (C=O) groups is 2. The lowest BCUT2D eigenvalue weighted by Crippen LogP contribution is -2.52. The lowest BCUT2D eigenvalue weighted by Gasteiger charge is -2.38. The lowest BCUT2D eigenvalue weighted by atomic mass is 9.84. The Morgan fingerprint density at radius 3 is 1.94 bits per heavy atom. The average molecular weight is 467 g/mol. The molecule has 0 aliphatic heterocycles. The van der Waals surface area contributed by atoms with Crippen LogP contribution >= 0.6 is 0 Å². The standard InChI is InChI=1S/C28H38N2O4/c1-5-33-26(31)23-16-18-24(19-17-23)30(29-27(32)34-28(2,3)4)20-25(21-12-8-6-9-13-21)22-14-10-7-11-15-22/h6-15,23-25H,5,16-20H2,1-4H3,(H,29,32). The lowest BCUT2D eigenvalue weighted by molar-refractivity contribution is -0.149. The Morgan fingerprint density at radius 1 is 0.941 bits per heavy atom. The molecule has 0 heterocycles. The topological polar surface area (TPSA) is 67.9 Å². The maximum absolute atomic E-state index is 12.8. The van der Waals surface area contributed by atoms with Gasteiger partial charge in [-0.2, -0.15) is 0 Å². The first-order chi connectivity index (χ1) is 16.3. The van der Waals surface area contributed by atoms with E-state index in [0.29, 0.717) is 13.2 Å². The Hall–Kier alpha value is -2.86. The van der Waals surface area contributed by atoms with E-state index in [-0.39, 0.29) is 23.8 Å². The van der Waals surface area contributed by atoms with Crippen LogP contribution in [0.25, 0.3) is 0 Å². The van der Waals surface area contributed by atoms with Crippen LogP contribution in [-0.2, 0) is 14.3 Å². The number of hydrogen-bond acceptors (Lipinski definition) is 5. The quantitative estimate of drug-likeness (QED) is 0.400. The summed E-state index contributed by atoms with van der Waals surface area (Å²) in [5, 5.41) is 2.03. The zero-order chi connectivity index (χ0) is 24.6. The summed E-state index contributed by atoms with van der Waals surface area (Å²) in [7, 11) is 0. The molecule has 0 atom stereocenters. The molecule has 0 aromatic heterocycles. The minimum Gasteiger partial charge on any atom is -0.466 e. The number of nitrogens with zero attached hydrogens (tertiary/aromatic N) is 1. The summed E-state index contributed by atoms with van der Waals surface area (Å²) in [5.74, 6) is -0.113. The second kappa shape index (κ2) is 12.0. The van der Waals surface area contributed by atoms with Gasteiger partial charge in [-0.05, 0) is 64.5 Å². The first-order valence-corrected chi connectivity index (χ1v) is 12.3. The third kappa shape index (κ3) is 7.59. The zero-order valence-electron chi connectivity index (χ0n) is 20.8. The van der Waals surface area contributed by atoms with Gasteiger partial charge in [0.2, 0.25) is 0 Å². The maximum atomic E-state index is 12.8. The van der Waals surface area contributed by atoms with Gasteiger partial charge in [-0.1, -0.05) is 60.7 Å². The Kier molecular flexibility index (Phi) is 9.11. The molecule has 1 amide bonds. The third-order valence-electron chi connectivity index (χ3n) is 6.17. The van der Waals surface area contributed by atoms with E-state index in [2.05, 4.69) is 29.7 Å². The van der Waals surface area contributed by atoms with E-state index in [0.717, 1.165) is 25.7 Å². The van der Waals surface area contributed by atoms with Crippen molar-refractivity contribution in [2.45, 2.75) is 70.9 Å². The van der Waals surface area contributed by atoms with Crippen molar-refractivity contribution < 1.29 is 19.1 Å². The maximum Gasteiger partial charge on any atom is 0.422 e. The Morgan fingerprint density at radius 2 is 1.47 bits per heavy atom. The van der Waals surface area contributed by atoms with E-state index in [1.54, 1.807) is 0 Å². The first-order valence-electron chi connectivity index (χ1n) is 12.3. The van der Waals surface area contributed by atoms with Crippen molar-refractivity contribution in [3.63, 3.8) is 0 Å². The molecular formula is C28H38N2O4. The van der Waals surface area contributed by atoms with Crippen LogP contribution < -0.4 is 5.43 Å². The highest BCUT2D eigenvalue weighted by molar-refractivity contribution is 5.72. The van der Waals surface area contributed by atoms with Gasteiger partial charge in [0, 0.05) is 18.5 Å². The minimum atomic E-state index is -0.588. The molecule has 0 radical (unpaired) electrons. The van der Waals surface area contributed by atoms with Crippen molar-refractivity contribution in [3.8, 4) is 0 Å². The molecule has 1 aliphatic rings. The van der Waals surface area contributed by atoms with Gasteiger partial charge in [0.05, 0.1) is 12.5 Å². The van der Waals surface area contributed by atoms with Crippen molar-refractivity contribution >= 4 is 12.1 Å². The van der Waals surface area contributed by atoms with Crippen LogP contribution in [0.1, 0.15) is 70.4 Å². The molecule has 0 bridgehead atoms. The van der Waals surface area contributed by atoms with Crippen LogP contribution in [0.3, 0.4) is 0 Å². The van der Waals surface area contributed by atoms with Gasteiger partial charge in [0.15, 0.2) is 0 Å². The first kappa shape index (κ1) is 25.8. The van der Waals surface area contributed by atoms with E-state index in [4.69, 9.17) is 9.47 Å². The number of esters is 1. The predicted molar refractivity (Wildman–Crippen MR) is 133 cm³/mol. The number of ether oxygens (including phenoxy) is 2. The molecule has 3 rings (SSSR count). The summed E-state index contributed by atoms with van der Waals surface area (Å²) >= 11 is 0. The fourth-order valence-electron chi connectivity index (χ4n) is 4.56. The van der Waals surface area contributed by atoms with Crippen LogP contribution in [0.4, 0.5) is 4.79 Å². The fraction of sp³-hybridized carbons (Fsp3) is 0.500. The summed E-state index contributed by atoms with van der Waals surface area (Å²) in [6.45, 7) is 8.42. The van der Waals surface area contributed by atoms with Gasteiger partial charge >= 0.3 is 12.1 Å². The van der Waals surface area contributed by atoms with E-state index in [9.17, 15) is 9.59 Å². The van der Waals surface area contributed by atoms with Gasteiger partial charge < -0.3 is 9.47 Å². The van der Waals surface area contributed by atoms with Crippen LogP contribution in [0.15, 0.2) is 60.7 Å². The third-order valence-corrected chi connectivity index (χ3v) is 6.17. The smallest absolute Gasteiger partial charge is 0.422 e. The summed E-state index contributed by atoms with van der Waals surface area (Å²) < 4.78 is 10.8. The van der Waals surface area contributed by atoms with Gasteiger partial charge in [-0.25, -0.2) is 9.80 Å². The summed E-state index contributed by atoms with van der Waals surface area (Å²) in [6.07, 6.45) is 2.64. The van der Waals surface area contributed by atoms with E-state index >= 15 is 0 Å². The number of hydrazine groups is 1. The number of amides is 1. The van der Waals surface area contributed by atoms with Crippen LogP contribution in [0, 0.1) is 5.92 Å². The highest BCUT2D eigenvalue weighted by atomic mass is 16.6. The number of rotatable bonds is 8. The van der Waals surface area contributed by atoms with Crippen molar-refractivity contribution in [2.75, 3.05) is 13.2 Å². The number of benzene rings is 2. The second-order valence-electron chi connectivity index (χ2n) is 9.90. The second-order valence-corrected chi connectivity index (χ2v) is 9.90. The largest absolute Gasteiger partial charge is 0.466 e. The van der Waals surface area contributed by atoms with Crippen LogP contribution in [-0.4, -0.2) is 41.9 Å². The molecule has 2 aromatic carbocycles. The number of hydrogen-bond donors (Lipinski definition) is 1. The van der Waals surface area contributed by atoms with Gasteiger partial charge in [0.25, 0.3) is 0 Å². The average Bonchev–Trinajstić information content (AvgIpc) is 2.82. The fourth-order valence-corrected chi connectivity index (χ4v) is 4.56. The van der Waals surface area contributed by atoms with Crippen molar-refractivity contribution in [3.05, 3.63) is 71.8 Å². The van der Waals surface area contributed by atoms with E-state index < -0.39 is 11.7 Å². The molecule has 1 fully saturated rings. The predicted octanol–water partition coefficient (Wildman–Crippen LogP) is 5.68. The summed E-state index contributed by atoms with van der Waals surface area (Å²) in [6, 6.07) is 20.8. The summed E-state index contributed by atoms with van der Waals surface area (Å²) in [5.41, 5.74) is 4.82. The molecule has 34 heavy (non-hydrogen) atoms. The SMILES string of the molecule is CCOC(=O)C1CCC(N(CC(c2ccccc2)c2ccccc2)NC(=O)OC(C)(C)C)CC1. The van der Waals surface area contributed by atoms with E-state index in [1.807, 2.05) is 69.1 Å². The number of carbonyl (C=O) groups excluding carboxylic acids is 2. The van der Waals surface area contributed by atoms with Gasteiger partial charge in [0.1, 0.15) is 5.60 Å².